The molecular weight excluding hydrogens is 331 g/mol. The number of H-pyrrole nitrogens is 1. The molecule has 0 aliphatic rings. The van der Waals surface area contributed by atoms with E-state index in [1.54, 1.807) is 26.0 Å². The number of aromatic amines is 1. The van der Waals surface area contributed by atoms with E-state index in [1.165, 1.54) is 12.1 Å². The van der Waals surface area contributed by atoms with E-state index < -0.39 is 5.97 Å². The first kappa shape index (κ1) is 16.3. The summed E-state index contributed by atoms with van der Waals surface area (Å²) in [7, 11) is 0. The Morgan fingerprint density at radius 2 is 2.04 bits per heavy atom. The van der Waals surface area contributed by atoms with Crippen LogP contribution in [0, 0.1) is 12.7 Å². The molecule has 0 unspecified atom stereocenters. The van der Waals surface area contributed by atoms with Crippen molar-refractivity contribution in [2.45, 2.75) is 20.3 Å². The van der Waals surface area contributed by atoms with Crippen molar-refractivity contribution >= 4 is 27.5 Å². The zero-order valence-corrected chi connectivity index (χ0v) is 14.0. The molecule has 7 heteroatoms. The summed E-state index contributed by atoms with van der Waals surface area (Å²) < 4.78 is 18.0. The maximum atomic E-state index is 13.0. The van der Waals surface area contributed by atoms with Crippen LogP contribution in [-0.4, -0.2) is 22.5 Å². The second kappa shape index (κ2) is 6.52. The number of esters is 1. The van der Waals surface area contributed by atoms with E-state index >= 15 is 0 Å². The van der Waals surface area contributed by atoms with Gasteiger partial charge in [-0.3, -0.25) is 4.79 Å². The highest BCUT2D eigenvalue weighted by Gasteiger charge is 2.20. The Labute approximate surface area is 141 Å². The Morgan fingerprint density at radius 1 is 1.33 bits per heavy atom. The van der Waals surface area contributed by atoms with Gasteiger partial charge >= 0.3 is 5.97 Å². The lowest BCUT2D eigenvalue weighted by atomic mass is 10.1. The van der Waals surface area contributed by atoms with Crippen LogP contribution in [0.1, 0.15) is 33.5 Å². The van der Waals surface area contributed by atoms with Crippen LogP contribution in [-0.2, 0) is 11.2 Å². The second-order valence-corrected chi connectivity index (χ2v) is 6.27. The standard InChI is InChI=1S/C17H15FN2O3S/c1-3-23-17(22)14-9(2)13-15(21)19-12(20-16(13)24-14)8-10-4-6-11(18)7-5-10/h4-7H,3,8H2,1-2H3,(H,19,20,21). The average molecular weight is 346 g/mol. The highest BCUT2D eigenvalue weighted by atomic mass is 32.1. The van der Waals surface area contributed by atoms with Crippen LogP contribution in [0.3, 0.4) is 0 Å². The minimum absolute atomic E-state index is 0.270. The number of nitrogens with zero attached hydrogens (tertiary/aromatic N) is 1. The Bertz CT molecular complexity index is 960. The molecule has 3 aromatic rings. The van der Waals surface area contributed by atoms with Crippen molar-refractivity contribution in [1.29, 1.82) is 0 Å². The van der Waals surface area contributed by atoms with Crippen LogP contribution < -0.4 is 5.56 Å². The summed E-state index contributed by atoms with van der Waals surface area (Å²) >= 11 is 1.15. The number of benzene rings is 1. The Balaban J connectivity index is 2.02. The molecule has 1 aromatic carbocycles. The molecule has 0 aliphatic heterocycles. The number of aromatic nitrogens is 2. The van der Waals surface area contributed by atoms with E-state index in [9.17, 15) is 14.0 Å². The van der Waals surface area contributed by atoms with Gasteiger partial charge in [0, 0.05) is 6.42 Å². The summed E-state index contributed by atoms with van der Waals surface area (Å²) in [5, 5.41) is 0.408. The molecule has 0 amide bonds. The predicted octanol–water partition coefficient (Wildman–Crippen LogP) is 3.20. The van der Waals surface area contributed by atoms with Crippen molar-refractivity contribution in [3.05, 3.63) is 62.3 Å². The molecule has 0 aliphatic carbocycles. The first-order valence-corrected chi connectivity index (χ1v) is 8.25. The molecule has 2 aromatic heterocycles. The van der Waals surface area contributed by atoms with Crippen LogP contribution in [0.5, 0.6) is 0 Å². The molecule has 5 nitrogen and oxygen atoms in total. The summed E-state index contributed by atoms with van der Waals surface area (Å²) in [5.41, 5.74) is 1.12. The summed E-state index contributed by atoms with van der Waals surface area (Å²) in [6.07, 6.45) is 0.372. The fraction of sp³-hybridized carbons (Fsp3) is 0.235. The first-order valence-electron chi connectivity index (χ1n) is 7.43. The monoisotopic (exact) mass is 346 g/mol. The Kier molecular flexibility index (Phi) is 4.44. The van der Waals surface area contributed by atoms with Gasteiger partial charge in [0.05, 0.1) is 12.0 Å². The number of hydrogen-bond donors (Lipinski definition) is 1. The minimum atomic E-state index is -0.447. The van der Waals surface area contributed by atoms with Gasteiger partial charge in [-0.05, 0) is 37.1 Å². The van der Waals surface area contributed by atoms with Gasteiger partial charge in [0.15, 0.2) is 0 Å². The van der Waals surface area contributed by atoms with E-state index in [4.69, 9.17) is 4.74 Å². The molecule has 0 saturated carbocycles. The maximum absolute atomic E-state index is 13.0. The molecule has 0 fully saturated rings. The van der Waals surface area contributed by atoms with E-state index in [0.717, 1.165) is 16.9 Å². The van der Waals surface area contributed by atoms with Gasteiger partial charge in [-0.15, -0.1) is 11.3 Å². The van der Waals surface area contributed by atoms with Crippen LogP contribution >= 0.6 is 11.3 Å². The third-order valence-corrected chi connectivity index (χ3v) is 4.76. The van der Waals surface area contributed by atoms with Crippen LogP contribution in [0.15, 0.2) is 29.1 Å². The topological polar surface area (TPSA) is 72.0 Å². The van der Waals surface area contributed by atoms with Crippen molar-refractivity contribution < 1.29 is 13.9 Å². The number of halogens is 1. The quantitative estimate of drug-likeness (QED) is 0.737. The molecule has 24 heavy (non-hydrogen) atoms. The number of thiophene rings is 1. The number of carbonyl (C=O) groups excluding carboxylic acids is 1. The van der Waals surface area contributed by atoms with Gasteiger partial charge in [-0.2, -0.15) is 0 Å². The lowest BCUT2D eigenvalue weighted by Crippen LogP contribution is -2.12. The van der Waals surface area contributed by atoms with Gasteiger partial charge in [0.1, 0.15) is 21.3 Å². The molecule has 0 spiro atoms. The zero-order valence-electron chi connectivity index (χ0n) is 13.2. The third-order valence-electron chi connectivity index (χ3n) is 3.60. The summed E-state index contributed by atoms with van der Waals surface area (Å²) in [6.45, 7) is 3.71. The fourth-order valence-corrected chi connectivity index (χ4v) is 3.55. The number of rotatable bonds is 4. The molecule has 3 rings (SSSR count). The summed E-state index contributed by atoms with van der Waals surface area (Å²) in [4.78, 5) is 32.4. The van der Waals surface area contributed by atoms with Gasteiger partial charge in [-0.1, -0.05) is 12.1 Å². The predicted molar refractivity (Wildman–Crippen MR) is 90.1 cm³/mol. The molecule has 0 saturated heterocycles. The van der Waals surface area contributed by atoms with Crippen molar-refractivity contribution in [2.24, 2.45) is 0 Å². The van der Waals surface area contributed by atoms with Crippen molar-refractivity contribution in [3.63, 3.8) is 0 Å². The molecular formula is C17H15FN2O3S. The minimum Gasteiger partial charge on any atom is -0.462 e. The van der Waals surface area contributed by atoms with Crippen LogP contribution in [0.2, 0.25) is 0 Å². The molecule has 0 bridgehead atoms. The maximum Gasteiger partial charge on any atom is 0.348 e. The van der Waals surface area contributed by atoms with Gasteiger partial charge in [-0.25, -0.2) is 14.2 Å². The largest absolute Gasteiger partial charge is 0.462 e. The van der Waals surface area contributed by atoms with Gasteiger partial charge < -0.3 is 9.72 Å². The Hall–Kier alpha value is -2.54. The van der Waals surface area contributed by atoms with Crippen molar-refractivity contribution in [2.75, 3.05) is 6.61 Å². The number of carbonyl (C=O) groups is 1. The number of ether oxygens (including phenoxy) is 1. The van der Waals surface area contributed by atoms with Crippen molar-refractivity contribution in [1.82, 2.24) is 9.97 Å². The van der Waals surface area contributed by atoms with Crippen LogP contribution in [0.25, 0.3) is 10.2 Å². The van der Waals surface area contributed by atoms with E-state index in [0.29, 0.717) is 32.9 Å². The number of nitrogens with one attached hydrogen (secondary N) is 1. The fourth-order valence-electron chi connectivity index (χ4n) is 2.46. The lowest BCUT2D eigenvalue weighted by molar-refractivity contribution is 0.0531. The van der Waals surface area contributed by atoms with E-state index in [2.05, 4.69) is 9.97 Å². The SMILES string of the molecule is CCOC(=O)c1sc2nc(Cc3ccc(F)cc3)[nH]c(=O)c2c1C. The van der Waals surface area contributed by atoms with Crippen LogP contribution in [0.4, 0.5) is 4.39 Å². The van der Waals surface area contributed by atoms with Gasteiger partial charge in [0.25, 0.3) is 5.56 Å². The normalized spacial score (nSPS) is 11.0. The number of hydrogen-bond acceptors (Lipinski definition) is 5. The first-order chi connectivity index (χ1) is 11.5. The molecule has 2 heterocycles. The molecule has 0 radical (unpaired) electrons. The number of aryl methyl sites for hydroxylation is 1. The molecule has 0 atom stereocenters. The zero-order chi connectivity index (χ0) is 17.3. The summed E-state index contributed by atoms with van der Waals surface area (Å²) in [6, 6.07) is 6.01. The molecule has 124 valence electrons. The highest BCUT2D eigenvalue weighted by Crippen LogP contribution is 2.27. The smallest absolute Gasteiger partial charge is 0.348 e. The van der Waals surface area contributed by atoms with Crippen molar-refractivity contribution in [3.8, 4) is 0 Å². The number of fused-ring (bicyclic) bond motifs is 1. The Morgan fingerprint density at radius 3 is 2.71 bits per heavy atom. The second-order valence-electron chi connectivity index (χ2n) is 5.27. The lowest BCUT2D eigenvalue weighted by Gasteiger charge is -2.01. The highest BCUT2D eigenvalue weighted by molar-refractivity contribution is 7.20. The molecule has 1 N–H and O–H groups in total. The summed E-state index contributed by atoms with van der Waals surface area (Å²) in [5.74, 6) is -0.295. The van der Waals surface area contributed by atoms with Gasteiger partial charge in [0.2, 0.25) is 0 Å². The third kappa shape index (κ3) is 3.07. The van der Waals surface area contributed by atoms with E-state index in [1.807, 2.05) is 0 Å². The average Bonchev–Trinajstić information content (AvgIpc) is 2.87. The van der Waals surface area contributed by atoms with E-state index in [-0.39, 0.29) is 18.0 Å².